The van der Waals surface area contributed by atoms with E-state index in [9.17, 15) is 26.1 Å². The summed E-state index contributed by atoms with van der Waals surface area (Å²) in [6.07, 6.45) is -2.99. The Morgan fingerprint density at radius 1 is 0.941 bits per heavy atom. The van der Waals surface area contributed by atoms with Gasteiger partial charge in [0.1, 0.15) is 9.96 Å². The number of methoxy groups -OCH3 is 1. The Bertz CT molecular complexity index is 1480. The van der Waals surface area contributed by atoms with Gasteiger partial charge >= 0.3 is 16.3 Å². The van der Waals surface area contributed by atoms with Crippen molar-refractivity contribution in [2.45, 2.75) is 17.3 Å². The van der Waals surface area contributed by atoms with Crippen LogP contribution >= 0.6 is 11.3 Å². The van der Waals surface area contributed by atoms with E-state index < -0.39 is 21.9 Å². The van der Waals surface area contributed by atoms with E-state index in [1.807, 2.05) is 0 Å². The molecule has 0 saturated heterocycles. The molecule has 0 bridgehead atoms. The third-order valence-corrected chi connectivity index (χ3v) is 7.37. The molecule has 0 saturated carbocycles. The minimum atomic E-state index is -4.53. The molecule has 11 heteroatoms. The molecule has 6 nitrogen and oxygen atoms in total. The first kappa shape index (κ1) is 23.9. The van der Waals surface area contributed by atoms with Gasteiger partial charge in [-0.15, -0.1) is 11.3 Å². The Balaban J connectivity index is 1.75. The average Bonchev–Trinajstić information content (AvgIpc) is 3.29. The molecule has 0 aliphatic carbocycles. The van der Waals surface area contributed by atoms with Gasteiger partial charge in [0.25, 0.3) is 0 Å². The maximum atomic E-state index is 13.2. The Labute approximate surface area is 197 Å². The number of benzene rings is 1. The fourth-order valence-electron chi connectivity index (χ4n) is 3.41. The molecule has 4 aromatic rings. The van der Waals surface area contributed by atoms with Crippen LogP contribution in [-0.2, 0) is 16.3 Å². The number of hydrogen-bond donors (Lipinski definition) is 1. The van der Waals surface area contributed by atoms with E-state index in [1.54, 1.807) is 43.5 Å². The molecule has 0 atom stereocenters. The number of rotatable bonds is 5. The third-order valence-electron chi connectivity index (χ3n) is 4.94. The second-order valence-electron chi connectivity index (χ2n) is 7.32. The predicted octanol–water partition coefficient (Wildman–Crippen LogP) is 6.12. The van der Waals surface area contributed by atoms with E-state index in [4.69, 9.17) is 4.74 Å². The van der Waals surface area contributed by atoms with Gasteiger partial charge in [-0.05, 0) is 66.6 Å². The van der Waals surface area contributed by atoms with Gasteiger partial charge in [0, 0.05) is 17.5 Å². The van der Waals surface area contributed by atoms with Crippen molar-refractivity contribution in [3.8, 4) is 38.7 Å². The summed E-state index contributed by atoms with van der Waals surface area (Å²) in [7, 11) is -3.13. The van der Waals surface area contributed by atoms with E-state index in [2.05, 4.69) is 9.97 Å². The molecule has 3 heterocycles. The van der Waals surface area contributed by atoms with Crippen LogP contribution in [0.3, 0.4) is 0 Å². The van der Waals surface area contributed by atoms with Gasteiger partial charge in [0.2, 0.25) is 0 Å². The first-order valence-corrected chi connectivity index (χ1v) is 12.0. The third kappa shape index (κ3) is 4.96. The SMILES string of the molecule is COc1cc(-c2cc(C)nc(-c3ccnc(-c4ccc(S(=O)(=O)O)s4)c3)c2)ccc1C(F)(F)F. The van der Waals surface area contributed by atoms with Crippen LogP contribution in [0.4, 0.5) is 13.2 Å². The van der Waals surface area contributed by atoms with Crippen LogP contribution in [0, 0.1) is 6.92 Å². The van der Waals surface area contributed by atoms with Crippen molar-refractivity contribution in [1.29, 1.82) is 0 Å². The zero-order chi connectivity index (χ0) is 24.7. The van der Waals surface area contributed by atoms with Gasteiger partial charge in [-0.3, -0.25) is 14.5 Å². The molecule has 0 radical (unpaired) electrons. The van der Waals surface area contributed by atoms with Crippen molar-refractivity contribution in [3.05, 3.63) is 72.1 Å². The monoisotopic (exact) mass is 506 g/mol. The summed E-state index contributed by atoms with van der Waals surface area (Å²) in [6, 6.07) is 13.5. The molecular weight excluding hydrogens is 489 g/mol. The maximum Gasteiger partial charge on any atom is 0.419 e. The molecule has 0 fully saturated rings. The number of hydrogen-bond acceptors (Lipinski definition) is 6. The van der Waals surface area contributed by atoms with Crippen molar-refractivity contribution < 1.29 is 30.9 Å². The van der Waals surface area contributed by atoms with E-state index in [0.29, 0.717) is 38.6 Å². The summed E-state index contributed by atoms with van der Waals surface area (Å²) in [5, 5.41) is 0. The number of aromatic nitrogens is 2. The van der Waals surface area contributed by atoms with Crippen molar-refractivity contribution in [1.82, 2.24) is 9.97 Å². The van der Waals surface area contributed by atoms with Crippen molar-refractivity contribution >= 4 is 21.5 Å². The summed E-state index contributed by atoms with van der Waals surface area (Å²) < 4.78 is 76.4. The topological polar surface area (TPSA) is 89.4 Å². The van der Waals surface area contributed by atoms with Crippen molar-refractivity contribution in [2.75, 3.05) is 7.11 Å². The summed E-state index contributed by atoms with van der Waals surface area (Å²) in [5.41, 5.74) is 2.69. The van der Waals surface area contributed by atoms with Crippen LogP contribution in [0.15, 0.2) is 65.0 Å². The van der Waals surface area contributed by atoms with E-state index >= 15 is 0 Å². The lowest BCUT2D eigenvalue weighted by Crippen LogP contribution is -2.07. The lowest BCUT2D eigenvalue weighted by molar-refractivity contribution is -0.138. The average molecular weight is 507 g/mol. The Morgan fingerprint density at radius 3 is 2.32 bits per heavy atom. The highest BCUT2D eigenvalue weighted by Gasteiger charge is 2.34. The summed E-state index contributed by atoms with van der Waals surface area (Å²) in [6.45, 7) is 1.77. The highest BCUT2D eigenvalue weighted by Crippen LogP contribution is 2.39. The summed E-state index contributed by atoms with van der Waals surface area (Å²) in [5.74, 6) is -0.278. The van der Waals surface area contributed by atoms with Crippen molar-refractivity contribution in [2.24, 2.45) is 0 Å². The van der Waals surface area contributed by atoms with Crippen LogP contribution < -0.4 is 4.74 Å². The molecule has 0 spiro atoms. The standard InChI is InChI=1S/C23H17F3N2O4S2/c1-13-9-16(14-3-4-17(23(24,25)26)20(12-14)32-2)11-18(28-13)15-7-8-27-19(10-15)21-5-6-22(33-21)34(29,30)31/h3-12H,1-2H3,(H,29,30,31). The van der Waals surface area contributed by atoms with Gasteiger partial charge < -0.3 is 4.74 Å². The minimum absolute atomic E-state index is 0.193. The van der Waals surface area contributed by atoms with Crippen LogP contribution in [0.1, 0.15) is 11.3 Å². The molecule has 176 valence electrons. The molecule has 1 N–H and O–H groups in total. The second kappa shape index (κ2) is 8.82. The van der Waals surface area contributed by atoms with Crippen LogP contribution in [0.2, 0.25) is 0 Å². The fraction of sp³-hybridized carbons (Fsp3) is 0.130. The Kier molecular flexibility index (Phi) is 6.19. The van der Waals surface area contributed by atoms with Crippen LogP contribution in [0.25, 0.3) is 33.0 Å². The molecule has 0 aliphatic rings. The van der Waals surface area contributed by atoms with E-state index in [-0.39, 0.29) is 9.96 Å². The number of nitrogens with zero attached hydrogens (tertiary/aromatic N) is 2. The van der Waals surface area contributed by atoms with Crippen molar-refractivity contribution in [3.63, 3.8) is 0 Å². The Morgan fingerprint density at radius 2 is 1.68 bits per heavy atom. The second-order valence-corrected chi connectivity index (χ2v) is 10.1. The van der Waals surface area contributed by atoms with Gasteiger partial charge in [-0.2, -0.15) is 21.6 Å². The van der Waals surface area contributed by atoms with E-state index in [1.165, 1.54) is 25.3 Å². The highest BCUT2D eigenvalue weighted by atomic mass is 32.3. The zero-order valence-corrected chi connectivity index (χ0v) is 19.4. The number of thiophene rings is 1. The van der Waals surface area contributed by atoms with Crippen LogP contribution in [0.5, 0.6) is 5.75 Å². The molecule has 3 aromatic heterocycles. The quantitative estimate of drug-likeness (QED) is 0.328. The molecule has 1 aromatic carbocycles. The fourth-order valence-corrected chi connectivity index (χ4v) is 5.04. The first-order valence-electron chi connectivity index (χ1n) is 9.74. The normalized spacial score (nSPS) is 12.1. The Hall–Kier alpha value is -3.28. The molecule has 0 unspecified atom stereocenters. The summed E-state index contributed by atoms with van der Waals surface area (Å²) in [4.78, 5) is 9.35. The molecule has 34 heavy (non-hydrogen) atoms. The maximum absolute atomic E-state index is 13.2. The highest BCUT2D eigenvalue weighted by molar-refractivity contribution is 7.88. The van der Waals surface area contributed by atoms with Gasteiger partial charge in [0.15, 0.2) is 0 Å². The minimum Gasteiger partial charge on any atom is -0.496 e. The van der Waals surface area contributed by atoms with Crippen LogP contribution in [-0.4, -0.2) is 30.0 Å². The number of pyridine rings is 2. The van der Waals surface area contributed by atoms with Gasteiger partial charge in [0.05, 0.1) is 28.9 Å². The number of alkyl halides is 3. The first-order chi connectivity index (χ1) is 16.0. The number of aryl methyl sites for hydroxylation is 1. The van der Waals surface area contributed by atoms with Gasteiger partial charge in [-0.25, -0.2) is 0 Å². The van der Waals surface area contributed by atoms with E-state index in [0.717, 1.165) is 17.4 Å². The smallest absolute Gasteiger partial charge is 0.419 e. The zero-order valence-electron chi connectivity index (χ0n) is 17.8. The number of ether oxygens (including phenoxy) is 1. The molecular formula is C23H17F3N2O4S2. The number of halogens is 3. The van der Waals surface area contributed by atoms with Gasteiger partial charge in [-0.1, -0.05) is 6.07 Å². The molecule has 4 rings (SSSR count). The molecule has 0 aliphatic heterocycles. The largest absolute Gasteiger partial charge is 0.496 e. The lowest BCUT2D eigenvalue weighted by Gasteiger charge is -2.14. The molecule has 0 amide bonds. The lowest BCUT2D eigenvalue weighted by atomic mass is 10.0. The summed E-state index contributed by atoms with van der Waals surface area (Å²) >= 11 is 0.881. The predicted molar refractivity (Wildman–Crippen MR) is 122 cm³/mol.